The van der Waals surface area contributed by atoms with Gasteiger partial charge in [-0.1, -0.05) is 30.3 Å². The lowest BCUT2D eigenvalue weighted by Crippen LogP contribution is -2.31. The van der Waals surface area contributed by atoms with Gasteiger partial charge in [0, 0.05) is 54.8 Å². The lowest BCUT2D eigenvalue weighted by Gasteiger charge is -2.26. The number of para-hydroxylation sites is 1. The van der Waals surface area contributed by atoms with Crippen molar-refractivity contribution < 1.29 is 4.79 Å². The van der Waals surface area contributed by atoms with Gasteiger partial charge >= 0.3 is 0 Å². The zero-order valence-electron chi connectivity index (χ0n) is 16.2. The number of aryl methyl sites for hydroxylation is 2. The topological polar surface area (TPSA) is 37.3 Å². The van der Waals surface area contributed by atoms with E-state index in [1.807, 2.05) is 53.7 Å². The number of benzene rings is 2. The molecule has 1 fully saturated rings. The molecule has 146 valence electrons. The fourth-order valence-corrected chi connectivity index (χ4v) is 5.52. The molecule has 1 aliphatic rings. The third-order valence-corrected chi connectivity index (χ3v) is 7.05. The Labute approximate surface area is 178 Å². The Balaban J connectivity index is 1.53. The van der Waals surface area contributed by atoms with E-state index in [1.165, 1.54) is 17.1 Å². The first kappa shape index (κ1) is 19.6. The van der Waals surface area contributed by atoms with Crippen molar-refractivity contribution in [2.75, 3.05) is 29.9 Å². The maximum atomic E-state index is 13.0. The summed E-state index contributed by atoms with van der Waals surface area (Å²) in [5.41, 5.74) is 4.92. The Morgan fingerprint density at radius 3 is 2.64 bits per heavy atom. The number of fused-ring (bicyclic) bond motifs is 1. The van der Waals surface area contributed by atoms with Crippen molar-refractivity contribution in [3.63, 3.8) is 0 Å². The summed E-state index contributed by atoms with van der Waals surface area (Å²) in [5, 5.41) is 4.14. The van der Waals surface area contributed by atoms with Gasteiger partial charge in [0.25, 0.3) is 5.91 Å². The highest BCUT2D eigenvalue weighted by Gasteiger charge is 2.20. The second-order valence-electron chi connectivity index (χ2n) is 7.23. The SMILES string of the molecule is Cc1cc(CN2CCSCC2)ccc1NC(=O)c1c(Br)c2ccccc2n1C. The number of halogens is 1. The molecule has 1 N–H and O–H groups in total. The summed E-state index contributed by atoms with van der Waals surface area (Å²) in [4.78, 5) is 15.5. The number of hydrogen-bond acceptors (Lipinski definition) is 3. The van der Waals surface area contributed by atoms with Crippen molar-refractivity contribution >= 4 is 50.2 Å². The average Bonchev–Trinajstić information content (AvgIpc) is 2.96. The third-order valence-electron chi connectivity index (χ3n) is 5.31. The lowest BCUT2D eigenvalue weighted by atomic mass is 10.1. The van der Waals surface area contributed by atoms with E-state index in [0.29, 0.717) is 5.69 Å². The Bertz CT molecular complexity index is 985. The fourth-order valence-electron chi connectivity index (χ4n) is 3.76. The van der Waals surface area contributed by atoms with Gasteiger partial charge in [-0.15, -0.1) is 0 Å². The van der Waals surface area contributed by atoms with Crippen molar-refractivity contribution in [1.82, 2.24) is 9.47 Å². The van der Waals surface area contributed by atoms with Gasteiger partial charge in [0.15, 0.2) is 0 Å². The maximum Gasteiger partial charge on any atom is 0.273 e. The van der Waals surface area contributed by atoms with Gasteiger partial charge in [-0.3, -0.25) is 9.69 Å². The molecule has 2 aromatic carbocycles. The van der Waals surface area contributed by atoms with E-state index in [0.717, 1.165) is 46.3 Å². The molecule has 0 unspecified atom stereocenters. The van der Waals surface area contributed by atoms with Crippen LogP contribution in [-0.2, 0) is 13.6 Å². The molecule has 0 aliphatic carbocycles. The van der Waals surface area contributed by atoms with Crippen LogP contribution in [0, 0.1) is 6.92 Å². The highest BCUT2D eigenvalue weighted by molar-refractivity contribution is 9.10. The van der Waals surface area contributed by atoms with E-state index in [1.54, 1.807) is 0 Å². The fraction of sp³-hybridized carbons (Fsp3) is 0.318. The quantitative estimate of drug-likeness (QED) is 0.595. The monoisotopic (exact) mass is 457 g/mol. The van der Waals surface area contributed by atoms with Gasteiger partial charge in [-0.05, 0) is 46.1 Å². The molecular weight excluding hydrogens is 434 g/mol. The second kappa shape index (κ2) is 8.31. The van der Waals surface area contributed by atoms with Crippen LogP contribution in [0.1, 0.15) is 21.6 Å². The van der Waals surface area contributed by atoms with E-state index < -0.39 is 0 Å². The molecule has 0 saturated carbocycles. The van der Waals surface area contributed by atoms with E-state index in [9.17, 15) is 4.79 Å². The van der Waals surface area contributed by atoms with Crippen LogP contribution in [-0.4, -0.2) is 40.0 Å². The van der Waals surface area contributed by atoms with Gasteiger partial charge in [-0.2, -0.15) is 11.8 Å². The Morgan fingerprint density at radius 2 is 1.93 bits per heavy atom. The largest absolute Gasteiger partial charge is 0.339 e. The van der Waals surface area contributed by atoms with Crippen LogP contribution in [0.5, 0.6) is 0 Å². The van der Waals surface area contributed by atoms with E-state index in [4.69, 9.17) is 0 Å². The average molecular weight is 458 g/mol. The van der Waals surface area contributed by atoms with Crippen LogP contribution in [0.25, 0.3) is 10.9 Å². The zero-order valence-corrected chi connectivity index (χ0v) is 18.6. The number of amides is 1. The minimum absolute atomic E-state index is 0.102. The molecule has 1 aromatic heterocycles. The summed E-state index contributed by atoms with van der Waals surface area (Å²) in [6.45, 7) is 5.33. The second-order valence-corrected chi connectivity index (χ2v) is 9.25. The number of hydrogen-bond donors (Lipinski definition) is 1. The molecule has 1 saturated heterocycles. The van der Waals surface area contributed by atoms with Crippen LogP contribution in [0.3, 0.4) is 0 Å². The summed E-state index contributed by atoms with van der Waals surface area (Å²) in [6.07, 6.45) is 0. The van der Waals surface area contributed by atoms with Crippen molar-refractivity contribution in [2.45, 2.75) is 13.5 Å². The number of carbonyl (C=O) groups excluding carboxylic acids is 1. The minimum atomic E-state index is -0.102. The summed E-state index contributed by atoms with van der Waals surface area (Å²) >= 11 is 5.64. The summed E-state index contributed by atoms with van der Waals surface area (Å²) in [5.74, 6) is 2.33. The van der Waals surface area contributed by atoms with Gasteiger partial charge in [-0.25, -0.2) is 0 Å². The molecule has 6 heteroatoms. The molecule has 0 radical (unpaired) electrons. The number of rotatable bonds is 4. The van der Waals surface area contributed by atoms with Gasteiger partial charge in [0.05, 0.1) is 4.47 Å². The zero-order chi connectivity index (χ0) is 19.7. The van der Waals surface area contributed by atoms with E-state index in [-0.39, 0.29) is 5.91 Å². The van der Waals surface area contributed by atoms with E-state index in [2.05, 4.69) is 45.2 Å². The first-order valence-corrected chi connectivity index (χ1v) is 11.4. The molecule has 4 rings (SSSR count). The summed E-state index contributed by atoms with van der Waals surface area (Å²) < 4.78 is 2.77. The van der Waals surface area contributed by atoms with Crippen molar-refractivity contribution in [1.29, 1.82) is 0 Å². The van der Waals surface area contributed by atoms with Crippen molar-refractivity contribution in [3.8, 4) is 0 Å². The molecule has 3 aromatic rings. The summed E-state index contributed by atoms with van der Waals surface area (Å²) in [7, 11) is 1.93. The van der Waals surface area contributed by atoms with Crippen LogP contribution < -0.4 is 5.32 Å². The Hall–Kier alpha value is -1.76. The van der Waals surface area contributed by atoms with E-state index >= 15 is 0 Å². The number of aromatic nitrogens is 1. The number of carbonyl (C=O) groups is 1. The Kier molecular flexibility index (Phi) is 5.80. The molecule has 28 heavy (non-hydrogen) atoms. The highest BCUT2D eigenvalue weighted by Crippen LogP contribution is 2.31. The van der Waals surface area contributed by atoms with Gasteiger partial charge < -0.3 is 9.88 Å². The van der Waals surface area contributed by atoms with Crippen LogP contribution in [0.4, 0.5) is 5.69 Å². The normalized spacial score (nSPS) is 15.1. The molecule has 1 amide bonds. The molecule has 0 atom stereocenters. The van der Waals surface area contributed by atoms with Crippen molar-refractivity contribution in [3.05, 3.63) is 63.8 Å². The highest BCUT2D eigenvalue weighted by atomic mass is 79.9. The molecule has 0 bridgehead atoms. The van der Waals surface area contributed by atoms with Crippen LogP contribution >= 0.6 is 27.7 Å². The first-order valence-electron chi connectivity index (χ1n) is 9.48. The molecule has 2 heterocycles. The number of anilines is 1. The standard InChI is InChI=1S/C22H24BrN3OS/c1-15-13-16(14-26-9-11-28-12-10-26)7-8-18(15)24-22(27)21-20(23)17-5-3-4-6-19(17)25(21)2/h3-8,13H,9-12,14H2,1-2H3,(H,24,27). The lowest BCUT2D eigenvalue weighted by molar-refractivity contribution is 0.101. The maximum absolute atomic E-state index is 13.0. The number of nitrogens with one attached hydrogen (secondary N) is 1. The smallest absolute Gasteiger partial charge is 0.273 e. The van der Waals surface area contributed by atoms with Crippen LogP contribution in [0.15, 0.2) is 46.9 Å². The number of nitrogens with zero attached hydrogens (tertiary/aromatic N) is 2. The van der Waals surface area contributed by atoms with Crippen molar-refractivity contribution in [2.24, 2.45) is 7.05 Å². The molecule has 4 nitrogen and oxygen atoms in total. The Morgan fingerprint density at radius 1 is 1.18 bits per heavy atom. The number of thioether (sulfide) groups is 1. The van der Waals surface area contributed by atoms with Gasteiger partial charge in [0.2, 0.25) is 0 Å². The third kappa shape index (κ3) is 3.86. The minimum Gasteiger partial charge on any atom is -0.339 e. The predicted molar refractivity (Wildman–Crippen MR) is 122 cm³/mol. The predicted octanol–water partition coefficient (Wildman–Crippen LogP) is 5.05. The van der Waals surface area contributed by atoms with Gasteiger partial charge in [0.1, 0.15) is 5.69 Å². The van der Waals surface area contributed by atoms with Crippen LogP contribution in [0.2, 0.25) is 0 Å². The molecule has 0 spiro atoms. The molecule has 1 aliphatic heterocycles. The first-order chi connectivity index (χ1) is 13.5. The molecular formula is C22H24BrN3OS. The summed E-state index contributed by atoms with van der Waals surface area (Å²) in [6, 6.07) is 14.4.